The van der Waals surface area contributed by atoms with E-state index in [1.54, 1.807) is 32.2 Å². The van der Waals surface area contributed by atoms with Crippen molar-refractivity contribution in [3.05, 3.63) is 31.0 Å². The van der Waals surface area contributed by atoms with Gasteiger partial charge in [-0.25, -0.2) is 14.6 Å². The van der Waals surface area contributed by atoms with Crippen LogP contribution in [0.5, 0.6) is 0 Å². The highest BCUT2D eigenvalue weighted by molar-refractivity contribution is 9.10. The highest BCUT2D eigenvalue weighted by Crippen LogP contribution is 2.21. The monoisotopic (exact) mass is 309 g/mol. The van der Waals surface area contributed by atoms with Gasteiger partial charge in [0.2, 0.25) is 5.91 Å². The highest BCUT2D eigenvalue weighted by atomic mass is 79.9. The number of amides is 1. The van der Waals surface area contributed by atoms with Gasteiger partial charge in [0.25, 0.3) is 0 Å². The molecule has 0 aliphatic carbocycles. The Hall–Kier alpha value is -1.76. The van der Waals surface area contributed by atoms with Crippen molar-refractivity contribution in [2.45, 2.75) is 18.2 Å². The fourth-order valence-electron chi connectivity index (χ4n) is 1.27. The predicted molar refractivity (Wildman–Crippen MR) is 70.8 cm³/mol. The smallest absolute Gasteiger partial charge is 0.240 e. The maximum Gasteiger partial charge on any atom is 0.240 e. The summed E-state index contributed by atoms with van der Waals surface area (Å²) in [5.41, 5.74) is 0.584. The van der Waals surface area contributed by atoms with Gasteiger partial charge < -0.3 is 5.32 Å². The molecule has 18 heavy (non-hydrogen) atoms. The maximum atomic E-state index is 11.9. The molecule has 0 bridgehead atoms. The Morgan fingerprint density at radius 1 is 1.50 bits per heavy atom. The molecular weight excluding hydrogens is 298 g/mol. The van der Waals surface area contributed by atoms with Gasteiger partial charge in [0.1, 0.15) is 12.7 Å². The van der Waals surface area contributed by atoms with Crippen molar-refractivity contribution in [1.82, 2.24) is 19.7 Å². The molecule has 2 heterocycles. The largest absolute Gasteiger partial charge is 0.322 e. The number of alkyl halides is 1. The Labute approximate surface area is 113 Å². The van der Waals surface area contributed by atoms with Crippen LogP contribution in [-0.4, -0.2) is 30.0 Å². The van der Waals surface area contributed by atoms with E-state index in [-0.39, 0.29) is 5.91 Å². The summed E-state index contributed by atoms with van der Waals surface area (Å²) in [5, 5.41) is 6.80. The van der Waals surface area contributed by atoms with Gasteiger partial charge in [0, 0.05) is 6.20 Å². The maximum absolute atomic E-state index is 11.9. The lowest BCUT2D eigenvalue weighted by molar-refractivity contribution is -0.117. The number of hydrogen-bond donors (Lipinski definition) is 1. The summed E-state index contributed by atoms with van der Waals surface area (Å²) in [7, 11) is 0. The molecule has 0 saturated heterocycles. The van der Waals surface area contributed by atoms with Gasteiger partial charge >= 0.3 is 0 Å². The first-order valence-corrected chi connectivity index (χ1v) is 6.08. The van der Waals surface area contributed by atoms with Crippen LogP contribution >= 0.6 is 15.9 Å². The number of nitrogens with one attached hydrogen (secondary N) is 1. The molecule has 1 N–H and O–H groups in total. The van der Waals surface area contributed by atoms with E-state index < -0.39 is 4.32 Å². The summed E-state index contributed by atoms with van der Waals surface area (Å²) in [4.78, 5) is 20.0. The van der Waals surface area contributed by atoms with E-state index in [9.17, 15) is 4.79 Å². The van der Waals surface area contributed by atoms with E-state index >= 15 is 0 Å². The van der Waals surface area contributed by atoms with E-state index in [1.807, 2.05) is 0 Å². The number of hydrogen-bond acceptors (Lipinski definition) is 4. The van der Waals surface area contributed by atoms with Crippen LogP contribution in [0.4, 0.5) is 5.69 Å². The quantitative estimate of drug-likeness (QED) is 0.877. The van der Waals surface area contributed by atoms with Crippen LogP contribution in [-0.2, 0) is 4.79 Å². The zero-order chi connectivity index (χ0) is 13.2. The van der Waals surface area contributed by atoms with Gasteiger partial charge in [-0.15, -0.1) is 0 Å². The van der Waals surface area contributed by atoms with Crippen LogP contribution in [0.1, 0.15) is 13.8 Å². The first-order valence-electron chi connectivity index (χ1n) is 5.29. The molecule has 2 rings (SSSR count). The molecule has 7 heteroatoms. The molecule has 0 fully saturated rings. The molecule has 0 atom stereocenters. The Kier molecular flexibility index (Phi) is 3.42. The van der Waals surface area contributed by atoms with Crippen molar-refractivity contribution in [1.29, 1.82) is 0 Å². The van der Waals surface area contributed by atoms with Crippen LogP contribution in [0.15, 0.2) is 31.0 Å². The number of aromatic nitrogens is 4. The van der Waals surface area contributed by atoms with Gasteiger partial charge in [-0.05, 0) is 26.0 Å². The number of pyridine rings is 1. The van der Waals surface area contributed by atoms with Crippen molar-refractivity contribution in [3.8, 4) is 5.82 Å². The predicted octanol–water partition coefficient (Wildman–Crippen LogP) is 1.77. The molecule has 2 aromatic rings. The second kappa shape index (κ2) is 4.85. The van der Waals surface area contributed by atoms with Crippen molar-refractivity contribution in [2.75, 3.05) is 5.32 Å². The summed E-state index contributed by atoms with van der Waals surface area (Å²) in [6, 6.07) is 3.51. The number of nitrogens with zero attached hydrogens (tertiary/aromatic N) is 4. The molecule has 94 valence electrons. The minimum Gasteiger partial charge on any atom is -0.322 e. The van der Waals surface area contributed by atoms with Crippen LogP contribution in [0, 0.1) is 0 Å². The van der Waals surface area contributed by atoms with Crippen molar-refractivity contribution >= 4 is 27.5 Å². The fourth-order valence-corrected chi connectivity index (χ4v) is 1.36. The molecule has 0 radical (unpaired) electrons. The molecule has 0 aliphatic heterocycles. The van der Waals surface area contributed by atoms with Gasteiger partial charge in [0.15, 0.2) is 5.82 Å². The number of anilines is 1. The molecule has 0 unspecified atom stereocenters. The van der Waals surface area contributed by atoms with Crippen molar-refractivity contribution in [2.24, 2.45) is 0 Å². The molecule has 6 nitrogen and oxygen atoms in total. The summed E-state index contributed by atoms with van der Waals surface area (Å²) in [6.45, 7) is 3.54. The zero-order valence-electron chi connectivity index (χ0n) is 9.96. The lowest BCUT2D eigenvalue weighted by atomic mass is 10.2. The Morgan fingerprint density at radius 3 is 2.89 bits per heavy atom. The van der Waals surface area contributed by atoms with Crippen LogP contribution in [0.2, 0.25) is 0 Å². The average molecular weight is 310 g/mol. The van der Waals surface area contributed by atoms with Crippen molar-refractivity contribution < 1.29 is 4.79 Å². The molecule has 0 aromatic carbocycles. The second-order valence-electron chi connectivity index (χ2n) is 4.14. The fraction of sp³-hybridized carbons (Fsp3) is 0.273. The molecular formula is C11H12BrN5O. The molecule has 0 saturated carbocycles. The topological polar surface area (TPSA) is 72.7 Å². The molecule has 0 aliphatic rings. The minimum absolute atomic E-state index is 0.156. The van der Waals surface area contributed by atoms with Crippen molar-refractivity contribution in [3.63, 3.8) is 0 Å². The van der Waals surface area contributed by atoms with E-state index in [1.165, 1.54) is 17.3 Å². The number of carbonyl (C=O) groups is 1. The molecule has 0 spiro atoms. The van der Waals surface area contributed by atoms with E-state index in [4.69, 9.17) is 0 Å². The normalized spacial score (nSPS) is 11.3. The molecule has 2 aromatic heterocycles. The minimum atomic E-state index is -0.650. The summed E-state index contributed by atoms with van der Waals surface area (Å²) >= 11 is 3.31. The third kappa shape index (κ3) is 2.73. The lowest BCUT2D eigenvalue weighted by Gasteiger charge is -2.17. The number of carbonyl (C=O) groups excluding carboxylic acids is 1. The van der Waals surface area contributed by atoms with Gasteiger partial charge in [0.05, 0.1) is 10.0 Å². The van der Waals surface area contributed by atoms with E-state index in [2.05, 4.69) is 36.3 Å². The van der Waals surface area contributed by atoms with Crippen LogP contribution in [0.3, 0.4) is 0 Å². The first-order chi connectivity index (χ1) is 8.48. The second-order valence-corrected chi connectivity index (χ2v) is 6.12. The van der Waals surface area contributed by atoms with E-state index in [0.717, 1.165) is 0 Å². The number of rotatable bonds is 3. The van der Waals surface area contributed by atoms with Gasteiger partial charge in [-0.2, -0.15) is 5.10 Å². The summed E-state index contributed by atoms with van der Waals surface area (Å²) in [5.74, 6) is 0.372. The lowest BCUT2D eigenvalue weighted by Crippen LogP contribution is -2.31. The first kappa shape index (κ1) is 12.7. The zero-order valence-corrected chi connectivity index (χ0v) is 11.5. The standard InChI is InChI=1S/C11H12BrN5O/c1-11(2,12)10(18)16-8-4-3-5-14-9(8)17-7-13-6-15-17/h3-7H,1-2H3,(H,16,18). The Bertz CT molecular complexity index is 547. The van der Waals surface area contributed by atoms with Crippen LogP contribution in [0.25, 0.3) is 5.82 Å². The third-order valence-corrected chi connectivity index (χ3v) is 2.57. The SMILES string of the molecule is CC(C)(Br)C(=O)Nc1cccnc1-n1cncn1. The third-order valence-electron chi connectivity index (χ3n) is 2.21. The average Bonchev–Trinajstić information content (AvgIpc) is 2.82. The van der Waals surface area contributed by atoms with Crippen LogP contribution < -0.4 is 5.32 Å². The highest BCUT2D eigenvalue weighted by Gasteiger charge is 2.24. The van der Waals surface area contributed by atoms with Gasteiger partial charge in [-0.1, -0.05) is 15.9 Å². The summed E-state index contributed by atoms with van der Waals surface area (Å²) in [6.07, 6.45) is 4.57. The Morgan fingerprint density at radius 2 is 2.28 bits per heavy atom. The summed E-state index contributed by atoms with van der Waals surface area (Å²) < 4.78 is 0.847. The van der Waals surface area contributed by atoms with E-state index in [0.29, 0.717) is 11.5 Å². The van der Waals surface area contributed by atoms with Gasteiger partial charge in [-0.3, -0.25) is 4.79 Å². The Balaban J connectivity index is 2.32. The number of halogens is 1. The molecule has 1 amide bonds.